The minimum absolute atomic E-state index is 0.446. The number of hydrogen-bond donors (Lipinski definition) is 1. The molecule has 3 heterocycles. The smallest absolute Gasteiger partial charge is 0.199 e. The van der Waals surface area contributed by atoms with Crippen LogP contribution in [0.4, 0.5) is 0 Å². The molecular formula is C20H25N5S. The van der Waals surface area contributed by atoms with Crippen molar-refractivity contribution < 1.29 is 0 Å². The second kappa shape index (κ2) is 7.66. The van der Waals surface area contributed by atoms with Crippen molar-refractivity contribution in [1.29, 1.82) is 0 Å². The lowest BCUT2D eigenvalue weighted by atomic mass is 9.95. The summed E-state index contributed by atoms with van der Waals surface area (Å²) in [5.41, 5.74) is 3.62. The monoisotopic (exact) mass is 367 g/mol. The molecule has 4 rings (SSSR count). The minimum atomic E-state index is 0.446. The summed E-state index contributed by atoms with van der Waals surface area (Å²) in [5.74, 6) is 4.70. The number of aromatic nitrogens is 5. The molecule has 6 heteroatoms. The third kappa shape index (κ3) is 3.56. The largest absolute Gasteiger partial charge is 0.275 e. The zero-order valence-electron chi connectivity index (χ0n) is 15.4. The van der Waals surface area contributed by atoms with Crippen LogP contribution in [-0.4, -0.2) is 36.5 Å². The first-order valence-electron chi connectivity index (χ1n) is 9.33. The molecule has 5 nitrogen and oxygen atoms in total. The average Bonchev–Trinajstić information content (AvgIpc) is 3.32. The van der Waals surface area contributed by atoms with Gasteiger partial charge in [0.15, 0.2) is 5.82 Å². The summed E-state index contributed by atoms with van der Waals surface area (Å²) in [6.07, 6.45) is 4.89. The Bertz CT molecular complexity index is 847. The maximum atomic E-state index is 4.90. The van der Waals surface area contributed by atoms with E-state index in [9.17, 15) is 0 Å². The van der Waals surface area contributed by atoms with E-state index in [1.54, 1.807) is 6.20 Å². The van der Waals surface area contributed by atoms with Crippen molar-refractivity contribution in [3.63, 3.8) is 0 Å². The van der Waals surface area contributed by atoms with E-state index in [2.05, 4.69) is 53.0 Å². The van der Waals surface area contributed by atoms with Crippen molar-refractivity contribution in [3.8, 4) is 11.5 Å². The van der Waals surface area contributed by atoms with Gasteiger partial charge in [-0.2, -0.15) is 16.9 Å². The van der Waals surface area contributed by atoms with Gasteiger partial charge >= 0.3 is 0 Å². The molecule has 0 unspecified atom stereocenters. The van der Waals surface area contributed by atoms with E-state index >= 15 is 0 Å². The third-order valence-electron chi connectivity index (χ3n) is 5.01. The van der Waals surface area contributed by atoms with Gasteiger partial charge in [-0.25, -0.2) is 9.67 Å². The zero-order valence-corrected chi connectivity index (χ0v) is 16.2. The number of hydrogen-bond acceptors (Lipinski definition) is 4. The quantitative estimate of drug-likeness (QED) is 0.724. The van der Waals surface area contributed by atoms with Gasteiger partial charge in [-0.05, 0) is 47.5 Å². The summed E-state index contributed by atoms with van der Waals surface area (Å²) < 4.78 is 2.19. The molecule has 3 aromatic rings. The Morgan fingerprint density at radius 2 is 2.00 bits per heavy atom. The second-order valence-electron chi connectivity index (χ2n) is 7.14. The lowest BCUT2D eigenvalue weighted by Crippen LogP contribution is -2.19. The Balaban J connectivity index is 1.72. The van der Waals surface area contributed by atoms with Crippen LogP contribution >= 0.6 is 11.8 Å². The first-order valence-corrected chi connectivity index (χ1v) is 10.5. The number of nitrogens with one attached hydrogen (secondary N) is 1. The molecule has 2 aromatic heterocycles. The van der Waals surface area contributed by atoms with Gasteiger partial charge in [-0.3, -0.25) is 5.10 Å². The van der Waals surface area contributed by atoms with E-state index in [1.807, 2.05) is 17.8 Å². The fraction of sp³-hybridized carbons (Fsp3) is 0.450. The molecule has 0 atom stereocenters. The first kappa shape index (κ1) is 17.3. The number of nitrogens with zero attached hydrogens (tertiary/aromatic N) is 4. The predicted octanol–water partition coefficient (Wildman–Crippen LogP) is 4.45. The maximum Gasteiger partial charge on any atom is 0.199 e. The molecule has 1 fully saturated rings. The van der Waals surface area contributed by atoms with Gasteiger partial charge in [0, 0.05) is 12.6 Å². The van der Waals surface area contributed by atoms with Crippen LogP contribution < -0.4 is 0 Å². The zero-order chi connectivity index (χ0) is 17.9. The van der Waals surface area contributed by atoms with E-state index < -0.39 is 0 Å². The highest BCUT2D eigenvalue weighted by atomic mass is 32.2. The van der Waals surface area contributed by atoms with Crippen LogP contribution in [0.2, 0.25) is 0 Å². The molecule has 0 amide bonds. The topological polar surface area (TPSA) is 59.4 Å². The lowest BCUT2D eigenvalue weighted by molar-refractivity contribution is 0.413. The van der Waals surface area contributed by atoms with Crippen LogP contribution in [0.25, 0.3) is 11.5 Å². The summed E-state index contributed by atoms with van der Waals surface area (Å²) in [7, 11) is 0. The Kier molecular flexibility index (Phi) is 5.11. The summed E-state index contributed by atoms with van der Waals surface area (Å²) in [6.45, 7) is 4.50. The molecule has 136 valence electrons. The molecule has 1 aliphatic rings. The summed E-state index contributed by atoms with van der Waals surface area (Å²) in [5, 5.41) is 11.9. The van der Waals surface area contributed by atoms with E-state index in [-0.39, 0.29) is 0 Å². The molecule has 0 saturated carbocycles. The molecule has 0 spiro atoms. The van der Waals surface area contributed by atoms with Gasteiger partial charge in [0.2, 0.25) is 0 Å². The van der Waals surface area contributed by atoms with E-state index in [4.69, 9.17) is 10.1 Å². The Labute approximate surface area is 158 Å². The number of aromatic amines is 1. The van der Waals surface area contributed by atoms with Gasteiger partial charge in [-0.1, -0.05) is 38.1 Å². The Morgan fingerprint density at radius 1 is 1.19 bits per heavy atom. The molecule has 0 radical (unpaired) electrons. The molecule has 0 bridgehead atoms. The predicted molar refractivity (Wildman–Crippen MR) is 107 cm³/mol. The summed E-state index contributed by atoms with van der Waals surface area (Å²) in [6, 6.07) is 11.1. The van der Waals surface area contributed by atoms with E-state index in [1.165, 1.54) is 22.6 Å². The highest BCUT2D eigenvalue weighted by Gasteiger charge is 2.23. The van der Waals surface area contributed by atoms with Crippen molar-refractivity contribution in [3.05, 3.63) is 53.5 Å². The maximum absolute atomic E-state index is 4.90. The van der Waals surface area contributed by atoms with Crippen LogP contribution in [0, 0.1) is 0 Å². The van der Waals surface area contributed by atoms with Gasteiger partial charge in [0.05, 0.1) is 6.04 Å². The molecule has 0 aliphatic carbocycles. The Hall–Kier alpha value is -2.08. The van der Waals surface area contributed by atoms with E-state index in [0.29, 0.717) is 12.0 Å². The highest BCUT2D eigenvalue weighted by molar-refractivity contribution is 7.99. The fourth-order valence-corrected chi connectivity index (χ4v) is 4.70. The summed E-state index contributed by atoms with van der Waals surface area (Å²) in [4.78, 5) is 4.90. The number of rotatable bonds is 5. The number of benzene rings is 1. The van der Waals surface area contributed by atoms with E-state index in [0.717, 1.165) is 36.6 Å². The van der Waals surface area contributed by atoms with Gasteiger partial charge in [0.25, 0.3) is 0 Å². The van der Waals surface area contributed by atoms with Crippen molar-refractivity contribution in [2.75, 3.05) is 11.5 Å². The average molecular weight is 368 g/mol. The van der Waals surface area contributed by atoms with Gasteiger partial charge in [-0.15, -0.1) is 5.10 Å². The van der Waals surface area contributed by atoms with Crippen molar-refractivity contribution in [2.24, 2.45) is 0 Å². The van der Waals surface area contributed by atoms with Gasteiger partial charge in [0.1, 0.15) is 11.5 Å². The van der Waals surface area contributed by atoms with Crippen LogP contribution in [-0.2, 0) is 6.42 Å². The molecule has 1 N–H and O–H groups in total. The molecule has 1 aliphatic heterocycles. The minimum Gasteiger partial charge on any atom is -0.275 e. The summed E-state index contributed by atoms with van der Waals surface area (Å²) >= 11 is 2.04. The second-order valence-corrected chi connectivity index (χ2v) is 8.37. The number of H-pyrrole nitrogens is 1. The normalized spacial score (nSPS) is 15.7. The highest BCUT2D eigenvalue weighted by Crippen LogP contribution is 2.30. The fourth-order valence-electron chi connectivity index (χ4n) is 3.62. The lowest BCUT2D eigenvalue weighted by Gasteiger charge is -2.23. The van der Waals surface area contributed by atoms with Crippen LogP contribution in [0.15, 0.2) is 36.5 Å². The third-order valence-corrected chi connectivity index (χ3v) is 6.05. The van der Waals surface area contributed by atoms with Crippen molar-refractivity contribution in [1.82, 2.24) is 25.0 Å². The SMILES string of the molecule is CC(C)c1ccccc1Cc1nc(-c2ccn[nH]2)nn1C1CCSCC1. The standard InChI is InChI=1S/C20H25N5S/c1-14(2)17-6-4-3-5-15(17)13-19-22-20(18-7-10-21-23-18)24-25(19)16-8-11-26-12-9-16/h3-7,10,14,16H,8-9,11-13H2,1-2H3,(H,21,23). The van der Waals surface area contributed by atoms with Crippen molar-refractivity contribution in [2.45, 2.75) is 45.1 Å². The van der Waals surface area contributed by atoms with Gasteiger partial charge < -0.3 is 0 Å². The van der Waals surface area contributed by atoms with Crippen LogP contribution in [0.5, 0.6) is 0 Å². The Morgan fingerprint density at radius 3 is 2.73 bits per heavy atom. The molecule has 1 saturated heterocycles. The van der Waals surface area contributed by atoms with Crippen LogP contribution in [0.1, 0.15) is 55.6 Å². The first-order chi connectivity index (χ1) is 12.7. The van der Waals surface area contributed by atoms with Crippen LogP contribution in [0.3, 0.4) is 0 Å². The molecule has 26 heavy (non-hydrogen) atoms. The van der Waals surface area contributed by atoms with Crippen molar-refractivity contribution >= 4 is 11.8 Å². The molecular weight excluding hydrogens is 342 g/mol. The number of thioether (sulfide) groups is 1. The molecule has 1 aromatic carbocycles.